The molecule has 23 heavy (non-hydrogen) atoms. The van der Waals surface area contributed by atoms with Gasteiger partial charge in [0.15, 0.2) is 0 Å². The van der Waals surface area contributed by atoms with Crippen LogP contribution >= 0.6 is 0 Å². The molecular formula is C21H30O2. The highest BCUT2D eigenvalue weighted by Gasteiger charge is 2.67. The maximum Gasteiger partial charge on any atom is 0.123 e. The van der Waals surface area contributed by atoms with Crippen molar-refractivity contribution in [1.29, 1.82) is 0 Å². The molecule has 0 amide bonds. The van der Waals surface area contributed by atoms with Crippen molar-refractivity contribution in [1.82, 2.24) is 0 Å². The molecule has 0 aromatic heterocycles. The van der Waals surface area contributed by atoms with Crippen molar-refractivity contribution >= 4 is 0 Å². The molecular weight excluding hydrogens is 284 g/mol. The Morgan fingerprint density at radius 1 is 1.09 bits per heavy atom. The minimum absolute atomic E-state index is 0.0774. The third kappa shape index (κ3) is 1.85. The molecule has 1 aliphatic heterocycles. The van der Waals surface area contributed by atoms with Crippen molar-refractivity contribution in [3.05, 3.63) is 29.8 Å². The predicted octanol–water partition coefficient (Wildman–Crippen LogP) is 4.59. The molecule has 3 aliphatic rings. The van der Waals surface area contributed by atoms with Crippen molar-refractivity contribution in [2.24, 2.45) is 22.7 Å². The number of hydrogen-bond donors (Lipinski definition) is 1. The van der Waals surface area contributed by atoms with Crippen LogP contribution in [-0.2, 0) is 6.42 Å². The molecule has 0 radical (unpaired) electrons. The summed E-state index contributed by atoms with van der Waals surface area (Å²) in [7, 11) is 0. The van der Waals surface area contributed by atoms with Gasteiger partial charge < -0.3 is 9.84 Å². The second kappa shape index (κ2) is 4.75. The van der Waals surface area contributed by atoms with E-state index in [9.17, 15) is 5.11 Å². The van der Waals surface area contributed by atoms with Gasteiger partial charge in [0, 0.05) is 11.3 Å². The van der Waals surface area contributed by atoms with Crippen LogP contribution < -0.4 is 4.74 Å². The maximum absolute atomic E-state index is 10.7. The zero-order chi connectivity index (χ0) is 16.5. The van der Waals surface area contributed by atoms with Crippen molar-refractivity contribution in [3.8, 4) is 5.75 Å². The van der Waals surface area contributed by atoms with Crippen LogP contribution in [0.15, 0.2) is 24.3 Å². The van der Waals surface area contributed by atoms with Crippen LogP contribution in [0.1, 0.15) is 58.9 Å². The highest BCUT2D eigenvalue weighted by atomic mass is 16.5. The summed E-state index contributed by atoms with van der Waals surface area (Å²) < 4.78 is 6.87. The van der Waals surface area contributed by atoms with Crippen LogP contribution in [0.5, 0.6) is 5.75 Å². The summed E-state index contributed by atoms with van der Waals surface area (Å²) in [6.07, 6.45) is 5.14. The molecule has 126 valence electrons. The molecule has 4 rings (SSSR count). The molecule has 2 saturated carbocycles. The van der Waals surface area contributed by atoms with Crippen LogP contribution in [0.3, 0.4) is 0 Å². The number of benzene rings is 1. The maximum atomic E-state index is 10.7. The molecule has 2 aliphatic carbocycles. The van der Waals surface area contributed by atoms with Gasteiger partial charge in [-0.1, -0.05) is 45.9 Å². The number of ether oxygens (including phenoxy) is 1. The van der Waals surface area contributed by atoms with Gasteiger partial charge in [-0.05, 0) is 55.1 Å². The Hall–Kier alpha value is -1.02. The Morgan fingerprint density at radius 2 is 1.83 bits per heavy atom. The van der Waals surface area contributed by atoms with E-state index in [0.717, 1.165) is 25.0 Å². The molecule has 2 heteroatoms. The second-order valence-corrected chi connectivity index (χ2v) is 9.10. The lowest BCUT2D eigenvalue weighted by atomic mass is 9.44. The summed E-state index contributed by atoms with van der Waals surface area (Å²) in [5, 5.41) is 10.7. The van der Waals surface area contributed by atoms with Crippen molar-refractivity contribution in [2.45, 2.75) is 71.5 Å². The molecule has 1 heterocycles. The molecule has 1 aromatic carbocycles. The van der Waals surface area contributed by atoms with Gasteiger partial charge in [-0.3, -0.25) is 0 Å². The number of rotatable bonds is 0. The van der Waals surface area contributed by atoms with Crippen molar-refractivity contribution < 1.29 is 9.84 Å². The van der Waals surface area contributed by atoms with Crippen LogP contribution in [0.25, 0.3) is 0 Å². The first kappa shape index (κ1) is 15.5. The molecule has 0 saturated heterocycles. The summed E-state index contributed by atoms with van der Waals surface area (Å²) in [5.41, 5.74) is 1.31. The van der Waals surface area contributed by atoms with Gasteiger partial charge in [0.05, 0.1) is 6.10 Å². The fraction of sp³-hybridized carbons (Fsp3) is 0.714. The van der Waals surface area contributed by atoms with Gasteiger partial charge in [-0.15, -0.1) is 0 Å². The third-order valence-electron chi connectivity index (χ3n) is 7.87. The normalized spacial score (nSPS) is 44.5. The first-order chi connectivity index (χ1) is 10.8. The van der Waals surface area contributed by atoms with Gasteiger partial charge in [-0.25, -0.2) is 0 Å². The Labute approximate surface area is 140 Å². The van der Waals surface area contributed by atoms with E-state index in [1.54, 1.807) is 0 Å². The lowest BCUT2D eigenvalue weighted by molar-refractivity contribution is -0.233. The lowest BCUT2D eigenvalue weighted by Gasteiger charge is -2.66. The van der Waals surface area contributed by atoms with E-state index < -0.39 is 0 Å². The summed E-state index contributed by atoms with van der Waals surface area (Å²) in [5.74, 6) is 2.16. The summed E-state index contributed by atoms with van der Waals surface area (Å²) in [4.78, 5) is 0. The standard InChI is InChI=1S/C21H30O2/c1-14-9-10-17-19(2,3)18(22)11-12-21(17)20(14,4)13-15-7-5-6-8-16(15)23-21/h5-8,14,17-18,22H,9-13H2,1-4H3/t14-,17-,18+,20+,21-/m0/s1. The number of hydrogen-bond acceptors (Lipinski definition) is 2. The summed E-state index contributed by atoms with van der Waals surface area (Å²) in [6, 6.07) is 8.58. The summed E-state index contributed by atoms with van der Waals surface area (Å²) >= 11 is 0. The Balaban J connectivity index is 1.88. The van der Waals surface area contributed by atoms with E-state index in [1.807, 2.05) is 0 Å². The van der Waals surface area contributed by atoms with Gasteiger partial charge in [-0.2, -0.15) is 0 Å². The van der Waals surface area contributed by atoms with Gasteiger partial charge in [0.1, 0.15) is 11.4 Å². The van der Waals surface area contributed by atoms with E-state index in [2.05, 4.69) is 52.0 Å². The second-order valence-electron chi connectivity index (χ2n) is 9.10. The molecule has 5 atom stereocenters. The largest absolute Gasteiger partial charge is 0.486 e. The van der Waals surface area contributed by atoms with Crippen molar-refractivity contribution in [2.75, 3.05) is 0 Å². The van der Waals surface area contributed by atoms with Crippen LogP contribution in [-0.4, -0.2) is 16.8 Å². The number of para-hydroxylation sites is 1. The van der Waals surface area contributed by atoms with E-state index in [4.69, 9.17) is 4.74 Å². The van der Waals surface area contributed by atoms with Crippen LogP contribution in [0.4, 0.5) is 0 Å². The topological polar surface area (TPSA) is 29.5 Å². The Bertz CT molecular complexity index is 622. The highest BCUT2D eigenvalue weighted by molar-refractivity contribution is 5.39. The first-order valence-electron chi connectivity index (χ1n) is 9.26. The van der Waals surface area contributed by atoms with Gasteiger partial charge in [0.2, 0.25) is 0 Å². The third-order valence-corrected chi connectivity index (χ3v) is 7.87. The number of fused-ring (bicyclic) bond motifs is 1. The fourth-order valence-corrected chi connectivity index (χ4v) is 6.08. The Kier molecular flexibility index (Phi) is 3.20. The molecule has 1 aromatic rings. The van der Waals surface area contributed by atoms with Crippen LogP contribution in [0.2, 0.25) is 0 Å². The van der Waals surface area contributed by atoms with Gasteiger partial charge in [0.25, 0.3) is 0 Å². The van der Waals surface area contributed by atoms with E-state index in [0.29, 0.717) is 11.8 Å². The SMILES string of the molecule is C[C@H]1CC[C@H]2C(C)(C)[C@H](O)CC[C@]23Oc2ccccc2C[C@]13C. The molecule has 2 fully saturated rings. The van der Waals surface area contributed by atoms with E-state index in [-0.39, 0.29) is 22.5 Å². The quantitative estimate of drug-likeness (QED) is 0.758. The molecule has 1 N–H and O–H groups in total. The average Bonchev–Trinajstić information content (AvgIpc) is 2.51. The molecule has 1 spiro atoms. The smallest absolute Gasteiger partial charge is 0.123 e. The molecule has 2 nitrogen and oxygen atoms in total. The fourth-order valence-electron chi connectivity index (χ4n) is 6.08. The Morgan fingerprint density at radius 3 is 2.61 bits per heavy atom. The average molecular weight is 314 g/mol. The minimum atomic E-state index is -0.212. The van der Waals surface area contributed by atoms with Crippen LogP contribution in [0, 0.1) is 22.7 Å². The minimum Gasteiger partial charge on any atom is -0.486 e. The van der Waals surface area contributed by atoms with E-state index in [1.165, 1.54) is 18.4 Å². The zero-order valence-corrected chi connectivity index (χ0v) is 14.9. The van der Waals surface area contributed by atoms with Gasteiger partial charge >= 0.3 is 0 Å². The monoisotopic (exact) mass is 314 g/mol. The predicted molar refractivity (Wildman–Crippen MR) is 92.5 cm³/mol. The molecule has 0 unspecified atom stereocenters. The number of aliphatic hydroxyl groups excluding tert-OH is 1. The first-order valence-corrected chi connectivity index (χ1v) is 9.26. The molecule has 0 bridgehead atoms. The zero-order valence-electron chi connectivity index (χ0n) is 14.9. The van der Waals surface area contributed by atoms with Crippen molar-refractivity contribution in [3.63, 3.8) is 0 Å². The lowest BCUT2D eigenvalue weighted by Crippen LogP contribution is -2.70. The number of aliphatic hydroxyl groups is 1. The summed E-state index contributed by atoms with van der Waals surface area (Å²) in [6.45, 7) is 9.37. The highest BCUT2D eigenvalue weighted by Crippen LogP contribution is 2.65. The van der Waals surface area contributed by atoms with E-state index >= 15 is 0 Å².